The van der Waals surface area contributed by atoms with E-state index >= 15 is 0 Å². The molecule has 0 aliphatic heterocycles. The second-order valence-corrected chi connectivity index (χ2v) is 6.96. The number of nitrogens with zero attached hydrogens (tertiary/aromatic N) is 6. The number of ether oxygens (including phenoxy) is 2. The molecule has 4 aromatic rings. The first kappa shape index (κ1) is 18.8. The fourth-order valence-electron chi connectivity index (χ4n) is 2.93. The number of hydrogen-bond donors (Lipinski definition) is 3. The highest BCUT2D eigenvalue weighted by Crippen LogP contribution is 2.22. The van der Waals surface area contributed by atoms with E-state index in [1.54, 1.807) is 37.7 Å². The van der Waals surface area contributed by atoms with Gasteiger partial charge >= 0.3 is 11.7 Å². The average molecular weight is 422 g/mol. The van der Waals surface area contributed by atoms with E-state index in [-0.39, 0.29) is 30.2 Å². The fraction of sp³-hybridized carbons (Fsp3) is 0.263. The van der Waals surface area contributed by atoms with Gasteiger partial charge in [-0.25, -0.2) is 9.79 Å². The molecule has 1 aliphatic rings. The monoisotopic (exact) mass is 422 g/mol. The van der Waals surface area contributed by atoms with Gasteiger partial charge in [0.25, 0.3) is 5.62 Å². The van der Waals surface area contributed by atoms with Gasteiger partial charge < -0.3 is 19.6 Å². The molecule has 1 saturated carbocycles. The molecule has 31 heavy (non-hydrogen) atoms. The van der Waals surface area contributed by atoms with Crippen LogP contribution in [-0.4, -0.2) is 52.8 Å². The van der Waals surface area contributed by atoms with E-state index in [1.165, 1.54) is 4.52 Å². The van der Waals surface area contributed by atoms with E-state index in [0.29, 0.717) is 27.9 Å². The van der Waals surface area contributed by atoms with E-state index in [9.17, 15) is 9.90 Å². The summed E-state index contributed by atoms with van der Waals surface area (Å²) < 4.78 is 12.5. The van der Waals surface area contributed by atoms with Crippen molar-refractivity contribution in [2.45, 2.75) is 25.5 Å². The third kappa shape index (κ3) is 3.95. The molecule has 3 N–H and O–H groups in total. The Hall–Kier alpha value is -4.22. The van der Waals surface area contributed by atoms with Crippen molar-refractivity contribution in [1.29, 1.82) is 0 Å². The van der Waals surface area contributed by atoms with Crippen LogP contribution in [0.3, 0.4) is 0 Å². The summed E-state index contributed by atoms with van der Waals surface area (Å²) in [5.74, 6) is 0.393. The van der Waals surface area contributed by atoms with Gasteiger partial charge in [-0.2, -0.15) is 19.6 Å². The Morgan fingerprint density at radius 3 is 2.97 bits per heavy atom. The number of rotatable bonds is 6. The number of aromatic hydroxyl groups is 1. The van der Waals surface area contributed by atoms with Crippen molar-refractivity contribution in [1.82, 2.24) is 34.5 Å². The third-order valence-corrected chi connectivity index (χ3v) is 4.61. The number of aromatic amines is 2. The van der Waals surface area contributed by atoms with Gasteiger partial charge in [0, 0.05) is 17.5 Å². The first-order chi connectivity index (χ1) is 15.1. The van der Waals surface area contributed by atoms with Gasteiger partial charge in [-0.15, -0.1) is 0 Å². The van der Waals surface area contributed by atoms with Gasteiger partial charge in [0.15, 0.2) is 5.65 Å². The van der Waals surface area contributed by atoms with Crippen LogP contribution in [0, 0.1) is 0 Å². The molecule has 0 saturated heterocycles. The molecule has 1 fully saturated rings. The Labute approximate surface area is 174 Å². The molecular weight excluding hydrogens is 404 g/mol. The average Bonchev–Trinajstić information content (AvgIpc) is 3.41. The third-order valence-electron chi connectivity index (χ3n) is 4.61. The highest BCUT2D eigenvalue weighted by Gasteiger charge is 2.21. The quantitative estimate of drug-likeness (QED) is 0.373. The van der Waals surface area contributed by atoms with Crippen LogP contribution in [-0.2, 0) is 6.61 Å². The number of aromatic nitrogens is 7. The molecule has 0 atom stereocenters. The smallest absolute Gasteiger partial charge is 0.326 e. The Balaban J connectivity index is 1.57. The molecule has 1 aliphatic carbocycles. The molecule has 12 nitrogen and oxygen atoms in total. The second-order valence-electron chi connectivity index (χ2n) is 6.96. The van der Waals surface area contributed by atoms with Crippen LogP contribution in [0.15, 0.2) is 34.3 Å². The molecule has 0 radical (unpaired) electrons. The summed E-state index contributed by atoms with van der Waals surface area (Å²) in [6.45, 7) is 0.134. The Morgan fingerprint density at radius 1 is 1.35 bits per heavy atom. The van der Waals surface area contributed by atoms with Crippen molar-refractivity contribution < 1.29 is 14.6 Å². The SMILES string of the molecule is COc1ccnc(COc2nc(=NC3CC3)n3ncc(=Cc4[nH]c(=O)[nH]c4O)c3n2)c1. The van der Waals surface area contributed by atoms with Gasteiger partial charge in [0.05, 0.1) is 25.0 Å². The summed E-state index contributed by atoms with van der Waals surface area (Å²) in [6.07, 6.45) is 6.72. The van der Waals surface area contributed by atoms with E-state index in [1.807, 2.05) is 0 Å². The van der Waals surface area contributed by atoms with Crippen LogP contribution >= 0.6 is 0 Å². The molecule has 5 rings (SSSR count). The van der Waals surface area contributed by atoms with E-state index < -0.39 is 5.69 Å². The second kappa shape index (κ2) is 7.55. The molecular formula is C19H18N8O4. The predicted octanol–water partition coefficient (Wildman–Crippen LogP) is -0.560. The molecule has 0 unspecified atom stereocenters. The van der Waals surface area contributed by atoms with Gasteiger partial charge in [0.2, 0.25) is 5.88 Å². The van der Waals surface area contributed by atoms with Gasteiger partial charge in [-0.05, 0) is 25.0 Å². The summed E-state index contributed by atoms with van der Waals surface area (Å²) in [6, 6.07) is 3.82. The van der Waals surface area contributed by atoms with E-state index in [2.05, 4.69) is 35.0 Å². The fourth-order valence-corrected chi connectivity index (χ4v) is 2.93. The van der Waals surface area contributed by atoms with Crippen molar-refractivity contribution in [3.05, 3.63) is 57.2 Å². The highest BCUT2D eigenvalue weighted by molar-refractivity contribution is 5.56. The van der Waals surface area contributed by atoms with Crippen LogP contribution in [0.4, 0.5) is 0 Å². The van der Waals surface area contributed by atoms with Crippen LogP contribution in [0.5, 0.6) is 17.6 Å². The van der Waals surface area contributed by atoms with Crippen LogP contribution in [0.1, 0.15) is 24.2 Å². The number of hydrogen-bond acceptors (Lipinski definition) is 9. The number of imidazole rings is 1. The molecule has 158 valence electrons. The zero-order valence-electron chi connectivity index (χ0n) is 16.4. The molecule has 0 amide bonds. The molecule has 12 heteroatoms. The minimum absolute atomic E-state index is 0.110. The minimum atomic E-state index is -0.519. The van der Waals surface area contributed by atoms with Crippen LogP contribution in [0.2, 0.25) is 0 Å². The number of nitrogens with one attached hydrogen (secondary N) is 2. The summed E-state index contributed by atoms with van der Waals surface area (Å²) in [7, 11) is 1.58. The van der Waals surface area contributed by atoms with E-state index in [0.717, 1.165) is 12.8 Å². The Bertz CT molecular complexity index is 1430. The highest BCUT2D eigenvalue weighted by atomic mass is 16.5. The summed E-state index contributed by atoms with van der Waals surface area (Å²) in [5, 5.41) is 14.7. The van der Waals surface area contributed by atoms with E-state index in [4.69, 9.17) is 9.47 Å². The molecule has 4 aromatic heterocycles. The lowest BCUT2D eigenvalue weighted by molar-refractivity contribution is 0.273. The number of fused-ring (bicyclic) bond motifs is 1. The zero-order valence-corrected chi connectivity index (χ0v) is 16.4. The Morgan fingerprint density at radius 2 is 2.23 bits per heavy atom. The molecule has 0 spiro atoms. The predicted molar refractivity (Wildman–Crippen MR) is 106 cm³/mol. The standard InChI is InChI=1S/C19H18N8O4/c1-30-13-4-5-20-12(7-13)9-31-19-24-15-10(6-14-16(28)25-18(29)23-14)8-21-27(15)17(26-19)22-11-2-3-11/h4-8,11,28H,2-3,9H2,1H3,(H2,23,25,29). The lowest BCUT2D eigenvalue weighted by atomic mass is 10.3. The number of pyridine rings is 1. The summed E-state index contributed by atoms with van der Waals surface area (Å²) in [5.41, 5.74) is 1.13. The maximum absolute atomic E-state index is 11.4. The van der Waals surface area contributed by atoms with Crippen LogP contribution in [0.25, 0.3) is 11.7 Å². The lowest BCUT2D eigenvalue weighted by Gasteiger charge is -2.06. The van der Waals surface area contributed by atoms with Crippen molar-refractivity contribution in [2.24, 2.45) is 4.99 Å². The Kier molecular flexibility index (Phi) is 4.58. The van der Waals surface area contributed by atoms with Crippen LogP contribution < -0.4 is 26.0 Å². The van der Waals surface area contributed by atoms with Gasteiger partial charge in [-0.1, -0.05) is 0 Å². The topological polar surface area (TPSA) is 156 Å². The normalized spacial score (nSPS) is 15.0. The van der Waals surface area contributed by atoms with Crippen molar-refractivity contribution in [2.75, 3.05) is 7.11 Å². The minimum Gasteiger partial charge on any atom is -0.497 e. The molecule has 4 heterocycles. The van der Waals surface area contributed by atoms with Gasteiger partial charge in [0.1, 0.15) is 18.1 Å². The van der Waals surface area contributed by atoms with Crippen molar-refractivity contribution >= 4 is 11.7 Å². The zero-order chi connectivity index (χ0) is 21.4. The summed E-state index contributed by atoms with van der Waals surface area (Å²) in [4.78, 5) is 33.9. The maximum Gasteiger partial charge on any atom is 0.326 e. The molecule has 0 bridgehead atoms. The largest absolute Gasteiger partial charge is 0.497 e. The van der Waals surface area contributed by atoms with Gasteiger partial charge in [-0.3, -0.25) is 9.97 Å². The first-order valence-electron chi connectivity index (χ1n) is 9.53. The maximum atomic E-state index is 11.4. The molecule has 0 aromatic carbocycles. The number of methoxy groups -OCH3 is 1. The lowest BCUT2D eigenvalue weighted by Crippen LogP contribution is -2.24. The van der Waals surface area contributed by atoms with Crippen molar-refractivity contribution in [3.8, 4) is 17.6 Å². The van der Waals surface area contributed by atoms with Crippen molar-refractivity contribution in [3.63, 3.8) is 0 Å². The number of H-pyrrole nitrogens is 2. The summed E-state index contributed by atoms with van der Waals surface area (Å²) >= 11 is 0. The first-order valence-corrected chi connectivity index (χ1v) is 9.53.